The van der Waals surface area contributed by atoms with Crippen LogP contribution in [0.4, 0.5) is 0 Å². The highest BCUT2D eigenvalue weighted by atomic mass is 16.4. The molecule has 0 aromatic rings. The summed E-state index contributed by atoms with van der Waals surface area (Å²) < 4.78 is 0. The Balaban J connectivity index is 1.62. The Labute approximate surface area is 116 Å². The SMILES string of the molecule is CC1C2CCC(C2)C1C1C(C)C2CC(C(=O)O)C1C2. The molecule has 0 aromatic heterocycles. The normalized spacial score (nSPS) is 58.9. The summed E-state index contributed by atoms with van der Waals surface area (Å²) in [5.41, 5.74) is 0. The third-order valence-electron chi connectivity index (χ3n) is 7.66. The monoisotopic (exact) mass is 262 g/mol. The predicted molar refractivity (Wildman–Crippen MR) is 73.5 cm³/mol. The third-order valence-corrected chi connectivity index (χ3v) is 7.66. The van der Waals surface area contributed by atoms with Crippen molar-refractivity contribution >= 4 is 5.97 Å². The Morgan fingerprint density at radius 1 is 0.895 bits per heavy atom. The van der Waals surface area contributed by atoms with E-state index in [1.54, 1.807) is 0 Å². The highest BCUT2D eigenvalue weighted by Crippen LogP contribution is 2.64. The third kappa shape index (κ3) is 1.52. The van der Waals surface area contributed by atoms with Gasteiger partial charge in [-0.25, -0.2) is 0 Å². The molecule has 9 unspecified atom stereocenters. The van der Waals surface area contributed by atoms with Crippen LogP contribution in [-0.2, 0) is 4.79 Å². The van der Waals surface area contributed by atoms with Crippen LogP contribution in [0.1, 0.15) is 46.0 Å². The smallest absolute Gasteiger partial charge is 0.306 e. The van der Waals surface area contributed by atoms with Crippen LogP contribution in [0.25, 0.3) is 0 Å². The second-order valence-electron chi connectivity index (χ2n) is 8.05. The van der Waals surface area contributed by atoms with Gasteiger partial charge in [0.05, 0.1) is 5.92 Å². The van der Waals surface area contributed by atoms with Crippen molar-refractivity contribution in [2.75, 3.05) is 0 Å². The fourth-order valence-electron chi connectivity index (χ4n) is 6.88. The van der Waals surface area contributed by atoms with Gasteiger partial charge in [-0.3, -0.25) is 4.79 Å². The van der Waals surface area contributed by atoms with Crippen molar-refractivity contribution in [1.82, 2.24) is 0 Å². The number of rotatable bonds is 2. The lowest BCUT2D eigenvalue weighted by Crippen LogP contribution is -2.39. The van der Waals surface area contributed by atoms with Crippen LogP contribution in [0, 0.1) is 53.3 Å². The van der Waals surface area contributed by atoms with Crippen molar-refractivity contribution in [2.24, 2.45) is 53.3 Å². The van der Waals surface area contributed by atoms with E-state index in [-0.39, 0.29) is 5.92 Å². The van der Waals surface area contributed by atoms with Crippen molar-refractivity contribution in [3.63, 3.8) is 0 Å². The number of carbonyl (C=O) groups is 1. The molecule has 1 N–H and O–H groups in total. The molecule has 4 rings (SSSR count). The minimum atomic E-state index is -0.514. The van der Waals surface area contributed by atoms with Crippen LogP contribution in [0.15, 0.2) is 0 Å². The lowest BCUT2D eigenvalue weighted by Gasteiger charge is -2.42. The van der Waals surface area contributed by atoms with Gasteiger partial charge in [-0.1, -0.05) is 13.8 Å². The van der Waals surface area contributed by atoms with E-state index in [0.717, 1.165) is 41.9 Å². The molecule has 4 fully saturated rings. The molecule has 4 bridgehead atoms. The molecule has 0 heterocycles. The Kier molecular flexibility index (Phi) is 2.57. The van der Waals surface area contributed by atoms with Crippen LogP contribution >= 0.6 is 0 Å². The average molecular weight is 262 g/mol. The fourth-order valence-corrected chi connectivity index (χ4v) is 6.88. The molecule has 4 saturated carbocycles. The summed E-state index contributed by atoms with van der Waals surface area (Å²) in [6, 6.07) is 0. The summed E-state index contributed by atoms with van der Waals surface area (Å²) >= 11 is 0. The second kappa shape index (κ2) is 3.99. The zero-order valence-electron chi connectivity index (χ0n) is 12.1. The molecule has 0 radical (unpaired) electrons. The minimum Gasteiger partial charge on any atom is -0.481 e. The number of hydrogen-bond donors (Lipinski definition) is 1. The van der Waals surface area contributed by atoms with Gasteiger partial charge in [0.25, 0.3) is 0 Å². The fraction of sp³-hybridized carbons (Fsp3) is 0.941. The van der Waals surface area contributed by atoms with Gasteiger partial charge in [0.1, 0.15) is 0 Å². The summed E-state index contributed by atoms with van der Waals surface area (Å²) in [4.78, 5) is 11.5. The Morgan fingerprint density at radius 2 is 1.58 bits per heavy atom. The molecular weight excluding hydrogens is 236 g/mol. The maximum absolute atomic E-state index is 11.5. The van der Waals surface area contributed by atoms with Gasteiger partial charge >= 0.3 is 5.97 Å². The highest BCUT2D eigenvalue weighted by molar-refractivity contribution is 5.71. The first-order valence-corrected chi connectivity index (χ1v) is 8.30. The zero-order chi connectivity index (χ0) is 13.3. The summed E-state index contributed by atoms with van der Waals surface area (Å²) in [5.74, 6) is 5.80. The molecule has 9 atom stereocenters. The van der Waals surface area contributed by atoms with Crippen molar-refractivity contribution in [1.29, 1.82) is 0 Å². The van der Waals surface area contributed by atoms with Crippen LogP contribution < -0.4 is 0 Å². The van der Waals surface area contributed by atoms with Crippen LogP contribution in [0.3, 0.4) is 0 Å². The summed E-state index contributed by atoms with van der Waals surface area (Å²) in [6.07, 6.45) is 6.50. The number of fused-ring (bicyclic) bond motifs is 4. The van der Waals surface area contributed by atoms with Gasteiger partial charge in [0.15, 0.2) is 0 Å². The van der Waals surface area contributed by atoms with Crippen LogP contribution in [0.2, 0.25) is 0 Å². The average Bonchev–Trinajstić information content (AvgIpc) is 3.08. The van der Waals surface area contributed by atoms with Crippen molar-refractivity contribution < 1.29 is 9.90 Å². The number of carboxylic acid groups (broad SMARTS) is 1. The molecule has 0 amide bonds. The first kappa shape index (κ1) is 12.2. The molecular formula is C17H26O2. The second-order valence-corrected chi connectivity index (χ2v) is 8.05. The largest absolute Gasteiger partial charge is 0.481 e. The highest BCUT2D eigenvalue weighted by Gasteiger charge is 2.59. The lowest BCUT2D eigenvalue weighted by atomic mass is 9.62. The van der Waals surface area contributed by atoms with Gasteiger partial charge in [-0.2, -0.15) is 0 Å². The Morgan fingerprint density at radius 3 is 2.16 bits per heavy atom. The maximum Gasteiger partial charge on any atom is 0.306 e. The Bertz CT molecular complexity index is 402. The molecule has 4 aliphatic carbocycles. The lowest BCUT2D eigenvalue weighted by molar-refractivity contribution is -0.145. The zero-order valence-corrected chi connectivity index (χ0v) is 12.1. The molecule has 0 aromatic carbocycles. The van der Waals surface area contributed by atoms with Gasteiger partial charge < -0.3 is 5.11 Å². The van der Waals surface area contributed by atoms with Gasteiger partial charge in [0, 0.05) is 0 Å². The summed E-state index contributed by atoms with van der Waals surface area (Å²) in [7, 11) is 0. The van der Waals surface area contributed by atoms with E-state index in [1.165, 1.54) is 25.7 Å². The van der Waals surface area contributed by atoms with E-state index in [9.17, 15) is 9.90 Å². The van der Waals surface area contributed by atoms with Gasteiger partial charge in [-0.15, -0.1) is 0 Å². The van der Waals surface area contributed by atoms with E-state index in [4.69, 9.17) is 0 Å². The van der Waals surface area contributed by atoms with E-state index in [0.29, 0.717) is 11.8 Å². The molecule has 19 heavy (non-hydrogen) atoms. The van der Waals surface area contributed by atoms with Crippen LogP contribution in [-0.4, -0.2) is 11.1 Å². The molecule has 0 saturated heterocycles. The summed E-state index contributed by atoms with van der Waals surface area (Å²) in [6.45, 7) is 4.88. The van der Waals surface area contributed by atoms with Crippen molar-refractivity contribution in [2.45, 2.75) is 46.0 Å². The minimum absolute atomic E-state index is 0.0162. The van der Waals surface area contributed by atoms with E-state index < -0.39 is 5.97 Å². The van der Waals surface area contributed by atoms with E-state index >= 15 is 0 Å². The Hall–Kier alpha value is -0.530. The quantitative estimate of drug-likeness (QED) is 0.824. The topological polar surface area (TPSA) is 37.3 Å². The van der Waals surface area contributed by atoms with E-state index in [1.807, 2.05) is 0 Å². The standard InChI is InChI=1S/C17H26O2/c1-8-10-3-4-11(5-10)15(8)16-9(2)12-6-13(16)14(7-12)17(18)19/h8-16H,3-7H2,1-2H3,(H,18,19). The van der Waals surface area contributed by atoms with Gasteiger partial charge in [0.2, 0.25) is 0 Å². The number of hydrogen-bond acceptors (Lipinski definition) is 1. The predicted octanol–water partition coefficient (Wildman–Crippen LogP) is 3.66. The number of aliphatic carboxylic acids is 1. The molecule has 2 heteroatoms. The van der Waals surface area contributed by atoms with E-state index in [2.05, 4.69) is 13.8 Å². The summed E-state index contributed by atoms with van der Waals surface area (Å²) in [5, 5.41) is 9.48. The molecule has 0 aliphatic heterocycles. The number of carboxylic acids is 1. The molecule has 4 aliphatic rings. The first-order chi connectivity index (χ1) is 9.08. The first-order valence-electron chi connectivity index (χ1n) is 8.30. The maximum atomic E-state index is 11.5. The molecule has 106 valence electrons. The van der Waals surface area contributed by atoms with Crippen molar-refractivity contribution in [3.8, 4) is 0 Å². The van der Waals surface area contributed by atoms with Crippen molar-refractivity contribution in [3.05, 3.63) is 0 Å². The molecule has 2 nitrogen and oxygen atoms in total. The van der Waals surface area contributed by atoms with Crippen LogP contribution in [0.5, 0.6) is 0 Å². The molecule has 0 spiro atoms. The van der Waals surface area contributed by atoms with Gasteiger partial charge in [-0.05, 0) is 79.4 Å².